The first-order chi connectivity index (χ1) is 25.4. The quantitative estimate of drug-likeness (QED) is 0.0542. The van der Waals surface area contributed by atoms with E-state index >= 15 is 0 Å². The topological polar surface area (TPSA) is 344 Å². The monoisotopic (exact) mass is 761 g/mol. The summed E-state index contributed by atoms with van der Waals surface area (Å²) in [5, 5.41) is 52.4. The molecule has 0 fully saturated rings. The van der Waals surface area contributed by atoms with E-state index in [-0.39, 0.29) is 12.8 Å². The summed E-state index contributed by atoms with van der Waals surface area (Å²) in [7, 11) is 0. The minimum Gasteiger partial charge on any atom is -0.481 e. The van der Waals surface area contributed by atoms with Crippen LogP contribution >= 0.6 is 0 Å². The van der Waals surface area contributed by atoms with Crippen molar-refractivity contribution in [2.24, 2.45) is 5.73 Å². The average molecular weight is 762 g/mol. The number of nitrogens with one attached hydrogen (secondary N) is 7. The number of carboxylic acids is 2. The number of imidazole rings is 1. The third-order valence-electron chi connectivity index (χ3n) is 7.83. The number of carboxylic acid groups (broad SMARTS) is 2. The number of H-pyrrole nitrogens is 1. The van der Waals surface area contributed by atoms with Gasteiger partial charge in [0.2, 0.25) is 35.4 Å². The second-order valence-corrected chi connectivity index (χ2v) is 12.4. The fraction of sp³-hybridized carbons (Fsp3) is 0.485. The van der Waals surface area contributed by atoms with Gasteiger partial charge >= 0.3 is 11.9 Å². The smallest absolute Gasteiger partial charge is 0.328 e. The van der Waals surface area contributed by atoms with Crippen molar-refractivity contribution in [3.05, 3.63) is 54.1 Å². The number of nitrogens with two attached hydrogens (primary N) is 1. The van der Waals surface area contributed by atoms with E-state index in [1.165, 1.54) is 19.4 Å². The van der Waals surface area contributed by atoms with Gasteiger partial charge in [-0.05, 0) is 32.8 Å². The summed E-state index contributed by atoms with van der Waals surface area (Å²) in [5.41, 5.74) is 7.01. The molecule has 296 valence electrons. The highest BCUT2D eigenvalue weighted by atomic mass is 16.4. The predicted molar refractivity (Wildman–Crippen MR) is 187 cm³/mol. The van der Waals surface area contributed by atoms with Gasteiger partial charge in [-0.3, -0.25) is 33.6 Å². The highest BCUT2D eigenvalue weighted by Crippen LogP contribution is 2.07. The molecule has 21 nitrogen and oxygen atoms in total. The van der Waals surface area contributed by atoms with Gasteiger partial charge in [0.25, 0.3) is 0 Å². The second kappa shape index (κ2) is 21.6. The van der Waals surface area contributed by atoms with E-state index in [4.69, 9.17) is 10.8 Å². The molecular formula is C33H47N9O12. The Morgan fingerprint density at radius 3 is 1.93 bits per heavy atom. The van der Waals surface area contributed by atoms with Crippen LogP contribution in [0.5, 0.6) is 0 Å². The lowest BCUT2D eigenvalue weighted by Crippen LogP contribution is -2.60. The minimum absolute atomic E-state index is 0.0875. The Kier molecular flexibility index (Phi) is 17.7. The molecule has 0 aliphatic heterocycles. The molecule has 0 spiro atoms. The molecule has 8 atom stereocenters. The van der Waals surface area contributed by atoms with Crippen LogP contribution in [0.4, 0.5) is 0 Å². The summed E-state index contributed by atoms with van der Waals surface area (Å²) < 4.78 is 0. The number of hydrogen-bond donors (Lipinski definition) is 12. The third kappa shape index (κ3) is 15.0. The number of aliphatic carboxylic acids is 2. The molecule has 0 aliphatic rings. The molecule has 0 saturated carbocycles. The number of nitrogens with zero attached hydrogens (tertiary/aromatic N) is 1. The van der Waals surface area contributed by atoms with Crippen LogP contribution in [0, 0.1) is 0 Å². The molecule has 0 saturated heterocycles. The average Bonchev–Trinajstić information content (AvgIpc) is 3.62. The van der Waals surface area contributed by atoms with Crippen LogP contribution in [0.15, 0.2) is 42.9 Å². The van der Waals surface area contributed by atoms with Crippen molar-refractivity contribution in [3.63, 3.8) is 0 Å². The summed E-state index contributed by atoms with van der Waals surface area (Å²) >= 11 is 0. The molecule has 1 heterocycles. The van der Waals surface area contributed by atoms with Crippen molar-refractivity contribution < 1.29 is 58.8 Å². The number of aliphatic hydroxyl groups excluding tert-OH is 2. The van der Waals surface area contributed by atoms with E-state index in [9.17, 15) is 53.7 Å². The number of aromatic amines is 1. The molecule has 0 unspecified atom stereocenters. The highest BCUT2D eigenvalue weighted by molar-refractivity contribution is 5.96. The lowest BCUT2D eigenvalue weighted by Gasteiger charge is -2.26. The van der Waals surface area contributed by atoms with Crippen molar-refractivity contribution in [1.82, 2.24) is 41.9 Å². The SMILES string of the molecule is C[C@H](NC(=O)[C@@H](N)Cc1cnc[nH]1)C(=O)N[C@@H](CCC(=O)O)C(=O)NCC(=O)N[C@H](C(=O)N[C@@H](Cc1ccccc1)C(=O)N[C@H](C(=O)O)[C@@H](C)O)[C@@H](C)O. The number of hydrogen-bond acceptors (Lipinski definition) is 12. The van der Waals surface area contributed by atoms with Gasteiger partial charge in [0.1, 0.15) is 24.2 Å². The standard InChI is InChI=1S/C33H47N9O12/c1-16(38-29(49)21(34)12-20-13-35-15-37-20)28(48)39-22(9-10-25(46)47)30(50)36-14-24(45)41-26(17(2)43)32(52)40-23(11-19-7-5-4-6-8-19)31(51)42-27(18(3)44)33(53)54/h4-8,13,15-18,21-23,26-27,43-44H,9-12,14,34H2,1-3H3,(H,35,37)(H,36,50)(H,38,49)(H,39,48)(H,40,52)(H,41,45)(H,42,51)(H,46,47)(H,53,54)/t16-,17+,18+,21-,22-,23-,26-,27-/m0/s1. The van der Waals surface area contributed by atoms with Gasteiger partial charge in [-0.25, -0.2) is 9.78 Å². The van der Waals surface area contributed by atoms with Gasteiger partial charge in [0.05, 0.1) is 31.1 Å². The van der Waals surface area contributed by atoms with E-state index in [0.29, 0.717) is 11.3 Å². The molecule has 21 heteroatoms. The normalized spacial score (nSPS) is 15.4. The summed E-state index contributed by atoms with van der Waals surface area (Å²) in [4.78, 5) is 107. The van der Waals surface area contributed by atoms with E-state index in [1.807, 2.05) is 0 Å². The van der Waals surface area contributed by atoms with Crippen LogP contribution in [0.2, 0.25) is 0 Å². The molecule has 13 N–H and O–H groups in total. The van der Waals surface area contributed by atoms with Crippen LogP contribution in [-0.4, -0.2) is 133 Å². The Hall–Kier alpha value is -5.93. The van der Waals surface area contributed by atoms with E-state index < -0.39 is 115 Å². The first kappa shape index (κ1) is 44.2. The highest BCUT2D eigenvalue weighted by Gasteiger charge is 2.33. The van der Waals surface area contributed by atoms with Crippen LogP contribution in [-0.2, 0) is 51.2 Å². The fourth-order valence-electron chi connectivity index (χ4n) is 4.83. The molecule has 2 aromatic rings. The third-order valence-corrected chi connectivity index (χ3v) is 7.83. The summed E-state index contributed by atoms with van der Waals surface area (Å²) in [6, 6.07) is -0.306. The molecule has 6 amide bonds. The molecule has 0 aliphatic carbocycles. The van der Waals surface area contributed by atoms with Crippen molar-refractivity contribution in [3.8, 4) is 0 Å². The van der Waals surface area contributed by atoms with Crippen LogP contribution < -0.4 is 37.6 Å². The fourth-order valence-corrected chi connectivity index (χ4v) is 4.83. The number of benzene rings is 1. The van der Waals surface area contributed by atoms with Crippen LogP contribution in [0.25, 0.3) is 0 Å². The van der Waals surface area contributed by atoms with Gasteiger partial charge in [-0.1, -0.05) is 30.3 Å². The van der Waals surface area contributed by atoms with Crippen molar-refractivity contribution in [2.75, 3.05) is 6.54 Å². The second-order valence-electron chi connectivity index (χ2n) is 12.4. The minimum atomic E-state index is -1.72. The summed E-state index contributed by atoms with van der Waals surface area (Å²) in [6.07, 6.45) is -1.21. The van der Waals surface area contributed by atoms with Gasteiger partial charge in [-0.2, -0.15) is 0 Å². The molecule has 1 aromatic carbocycles. The zero-order chi connectivity index (χ0) is 40.5. The maximum Gasteiger partial charge on any atom is 0.328 e. The Labute approximate surface area is 309 Å². The molecule has 2 rings (SSSR count). The zero-order valence-corrected chi connectivity index (χ0v) is 29.8. The maximum atomic E-state index is 13.3. The number of carbonyl (C=O) groups is 8. The lowest BCUT2D eigenvalue weighted by atomic mass is 10.0. The van der Waals surface area contributed by atoms with Crippen molar-refractivity contribution in [1.29, 1.82) is 0 Å². The van der Waals surface area contributed by atoms with E-state index in [2.05, 4.69) is 41.9 Å². The molecule has 54 heavy (non-hydrogen) atoms. The molecular weight excluding hydrogens is 714 g/mol. The van der Waals surface area contributed by atoms with E-state index in [1.54, 1.807) is 30.3 Å². The molecule has 1 aromatic heterocycles. The first-order valence-electron chi connectivity index (χ1n) is 16.8. The number of aromatic nitrogens is 2. The van der Waals surface area contributed by atoms with Crippen molar-refractivity contribution in [2.45, 2.75) is 94.9 Å². The number of amides is 6. The lowest BCUT2D eigenvalue weighted by molar-refractivity contribution is -0.145. The Balaban J connectivity index is 2.07. The van der Waals surface area contributed by atoms with Gasteiger partial charge in [0.15, 0.2) is 6.04 Å². The number of rotatable bonds is 22. The maximum absolute atomic E-state index is 13.3. The summed E-state index contributed by atoms with van der Waals surface area (Å²) in [5.74, 6) is -8.42. The van der Waals surface area contributed by atoms with Crippen LogP contribution in [0.3, 0.4) is 0 Å². The zero-order valence-electron chi connectivity index (χ0n) is 29.8. The molecule has 0 radical (unpaired) electrons. The Morgan fingerprint density at radius 2 is 1.37 bits per heavy atom. The first-order valence-corrected chi connectivity index (χ1v) is 16.8. The van der Waals surface area contributed by atoms with Crippen LogP contribution in [0.1, 0.15) is 44.9 Å². The predicted octanol–water partition coefficient (Wildman–Crippen LogP) is -4.21. The Morgan fingerprint density at radius 1 is 0.741 bits per heavy atom. The van der Waals surface area contributed by atoms with Gasteiger partial charge in [-0.15, -0.1) is 0 Å². The summed E-state index contributed by atoms with van der Waals surface area (Å²) in [6.45, 7) is 2.80. The van der Waals surface area contributed by atoms with Crippen molar-refractivity contribution >= 4 is 47.4 Å². The Bertz CT molecular complexity index is 1600. The van der Waals surface area contributed by atoms with Gasteiger partial charge < -0.3 is 63.0 Å². The molecule has 0 bridgehead atoms. The largest absolute Gasteiger partial charge is 0.481 e. The number of aliphatic hydroxyl groups is 2. The number of carbonyl (C=O) groups excluding carboxylic acids is 6. The van der Waals surface area contributed by atoms with Gasteiger partial charge in [0, 0.05) is 31.2 Å². The van der Waals surface area contributed by atoms with E-state index in [0.717, 1.165) is 13.8 Å².